The van der Waals surface area contributed by atoms with Crippen LogP contribution in [-0.4, -0.2) is 6.04 Å². The highest BCUT2D eigenvalue weighted by molar-refractivity contribution is 9.13. The molecule has 1 aromatic rings. The summed E-state index contributed by atoms with van der Waals surface area (Å²) in [4.78, 5) is 0. The van der Waals surface area contributed by atoms with Crippen LogP contribution >= 0.6 is 31.9 Å². The Balaban J connectivity index is 1.69. The fourth-order valence-electron chi connectivity index (χ4n) is 4.21. The van der Waals surface area contributed by atoms with Crippen molar-refractivity contribution in [3.63, 3.8) is 0 Å². The Hall–Kier alpha value is 0.200. The second kappa shape index (κ2) is 4.60. The molecule has 106 valence electrons. The van der Waals surface area contributed by atoms with Crippen LogP contribution in [0.1, 0.15) is 45.8 Å². The predicted molar refractivity (Wildman–Crippen MR) is 84.0 cm³/mol. The highest BCUT2D eigenvalue weighted by Gasteiger charge is 2.60. The molecule has 2 aliphatic rings. The molecule has 2 aliphatic carbocycles. The topological polar surface area (TPSA) is 25.2 Å². The first kappa shape index (κ1) is 14.2. The first-order chi connectivity index (χ1) is 8.84. The van der Waals surface area contributed by atoms with E-state index in [0.29, 0.717) is 16.9 Å². The van der Waals surface area contributed by atoms with Crippen LogP contribution in [0.5, 0.6) is 0 Å². The van der Waals surface area contributed by atoms with Gasteiger partial charge in [-0.05, 0) is 73.9 Å². The second-order valence-corrected chi connectivity index (χ2v) is 8.45. The van der Waals surface area contributed by atoms with E-state index < -0.39 is 0 Å². The van der Waals surface area contributed by atoms with E-state index in [2.05, 4.69) is 57.9 Å². The molecule has 2 saturated carbocycles. The molecule has 0 aliphatic heterocycles. The van der Waals surface area contributed by atoms with E-state index in [1.54, 1.807) is 0 Å². The summed E-state index contributed by atoms with van der Waals surface area (Å²) >= 11 is 6.85. The number of halogens is 2. The Kier molecular flexibility index (Phi) is 3.43. The van der Waals surface area contributed by atoms with Crippen molar-refractivity contribution in [3.05, 3.63) is 21.0 Å². The van der Waals surface area contributed by atoms with Crippen molar-refractivity contribution in [1.29, 1.82) is 0 Å². The van der Waals surface area contributed by atoms with Gasteiger partial charge in [0.1, 0.15) is 5.76 Å². The summed E-state index contributed by atoms with van der Waals surface area (Å²) < 4.78 is 7.42. The molecular weight excluding hydrogens is 370 g/mol. The Labute approximate surface area is 132 Å². The van der Waals surface area contributed by atoms with E-state index in [1.807, 2.05) is 6.07 Å². The number of hydrogen-bond donors (Lipinski definition) is 1. The zero-order valence-electron chi connectivity index (χ0n) is 11.7. The lowest BCUT2D eigenvalue weighted by Gasteiger charge is -2.39. The number of furan rings is 1. The quantitative estimate of drug-likeness (QED) is 0.775. The van der Waals surface area contributed by atoms with E-state index in [1.165, 1.54) is 19.3 Å². The first-order valence-electron chi connectivity index (χ1n) is 7.01. The van der Waals surface area contributed by atoms with Gasteiger partial charge in [0.15, 0.2) is 4.67 Å². The van der Waals surface area contributed by atoms with Gasteiger partial charge in [0.2, 0.25) is 0 Å². The number of hydrogen-bond acceptors (Lipinski definition) is 2. The molecule has 3 rings (SSSR count). The Morgan fingerprint density at radius 3 is 2.58 bits per heavy atom. The fourth-order valence-corrected chi connectivity index (χ4v) is 4.87. The molecule has 19 heavy (non-hydrogen) atoms. The van der Waals surface area contributed by atoms with Gasteiger partial charge in [-0.1, -0.05) is 20.8 Å². The minimum atomic E-state index is 0.429. The van der Waals surface area contributed by atoms with Gasteiger partial charge in [-0.25, -0.2) is 0 Å². The summed E-state index contributed by atoms with van der Waals surface area (Å²) in [6.45, 7) is 8.18. The lowest BCUT2D eigenvalue weighted by atomic mass is 9.69. The molecule has 0 spiro atoms. The van der Waals surface area contributed by atoms with Crippen molar-refractivity contribution in [2.45, 2.75) is 52.6 Å². The SMILES string of the molecule is CC1(C)C2CCC1(C)C(NCc1cc(Br)c(Br)o1)C2. The average molecular weight is 391 g/mol. The second-order valence-electron chi connectivity index (χ2n) is 6.88. The van der Waals surface area contributed by atoms with Crippen LogP contribution in [0.3, 0.4) is 0 Å². The van der Waals surface area contributed by atoms with Gasteiger partial charge in [0.05, 0.1) is 11.0 Å². The van der Waals surface area contributed by atoms with Crippen molar-refractivity contribution in [2.24, 2.45) is 16.7 Å². The van der Waals surface area contributed by atoms with Crippen LogP contribution in [0, 0.1) is 16.7 Å². The molecule has 3 unspecified atom stereocenters. The van der Waals surface area contributed by atoms with Crippen LogP contribution in [0.2, 0.25) is 0 Å². The fraction of sp³-hybridized carbons (Fsp3) is 0.733. The van der Waals surface area contributed by atoms with Gasteiger partial charge in [-0.15, -0.1) is 0 Å². The number of rotatable bonds is 3. The summed E-state index contributed by atoms with van der Waals surface area (Å²) in [5.74, 6) is 1.87. The van der Waals surface area contributed by atoms with E-state index in [-0.39, 0.29) is 0 Å². The minimum absolute atomic E-state index is 0.429. The predicted octanol–water partition coefficient (Wildman–Crippen LogP) is 5.11. The standard InChI is InChI=1S/C15H21Br2NO/c1-14(2)9-4-5-15(14,3)12(6-9)18-8-10-7-11(16)13(17)19-10/h7,9,12,18H,4-6,8H2,1-3H3. The number of nitrogens with one attached hydrogen (secondary N) is 1. The molecular formula is C15H21Br2NO. The van der Waals surface area contributed by atoms with Crippen molar-refractivity contribution in [2.75, 3.05) is 0 Å². The molecule has 2 bridgehead atoms. The third-order valence-corrected chi connectivity index (χ3v) is 7.72. The van der Waals surface area contributed by atoms with Gasteiger partial charge in [-0.3, -0.25) is 0 Å². The Bertz CT molecular complexity index is 477. The summed E-state index contributed by atoms with van der Waals surface area (Å²) in [6.07, 6.45) is 4.07. The Morgan fingerprint density at radius 2 is 2.11 bits per heavy atom. The molecule has 0 saturated heterocycles. The van der Waals surface area contributed by atoms with Gasteiger partial charge in [0, 0.05) is 6.04 Å². The minimum Gasteiger partial charge on any atom is -0.452 e. The zero-order chi connectivity index (χ0) is 13.8. The molecule has 1 aromatic heterocycles. The van der Waals surface area contributed by atoms with Crippen LogP contribution in [0.4, 0.5) is 0 Å². The molecule has 0 aromatic carbocycles. The summed E-state index contributed by atoms with van der Waals surface area (Å²) in [7, 11) is 0. The highest BCUT2D eigenvalue weighted by atomic mass is 79.9. The number of fused-ring (bicyclic) bond motifs is 2. The van der Waals surface area contributed by atoms with E-state index in [4.69, 9.17) is 4.42 Å². The molecule has 3 atom stereocenters. The molecule has 0 radical (unpaired) electrons. The van der Waals surface area contributed by atoms with Crippen molar-refractivity contribution in [3.8, 4) is 0 Å². The maximum Gasteiger partial charge on any atom is 0.183 e. The summed E-state index contributed by atoms with van der Waals surface area (Å²) in [5.41, 5.74) is 0.897. The van der Waals surface area contributed by atoms with Crippen molar-refractivity contribution in [1.82, 2.24) is 5.32 Å². The third kappa shape index (κ3) is 2.06. The van der Waals surface area contributed by atoms with Crippen LogP contribution in [0.25, 0.3) is 0 Å². The molecule has 0 amide bonds. The van der Waals surface area contributed by atoms with Gasteiger partial charge in [0.25, 0.3) is 0 Å². The first-order valence-corrected chi connectivity index (χ1v) is 8.60. The maximum absolute atomic E-state index is 5.65. The van der Waals surface area contributed by atoms with Crippen molar-refractivity contribution < 1.29 is 4.42 Å². The van der Waals surface area contributed by atoms with Crippen LogP contribution in [0.15, 0.2) is 19.6 Å². The maximum atomic E-state index is 5.65. The van der Waals surface area contributed by atoms with E-state index in [0.717, 1.165) is 27.4 Å². The molecule has 1 N–H and O–H groups in total. The average Bonchev–Trinajstić information content (AvgIpc) is 2.84. The van der Waals surface area contributed by atoms with Gasteiger partial charge in [-0.2, -0.15) is 0 Å². The highest BCUT2D eigenvalue weighted by Crippen LogP contribution is 2.65. The lowest BCUT2D eigenvalue weighted by molar-refractivity contribution is 0.119. The smallest absolute Gasteiger partial charge is 0.183 e. The van der Waals surface area contributed by atoms with Gasteiger partial charge >= 0.3 is 0 Å². The van der Waals surface area contributed by atoms with E-state index >= 15 is 0 Å². The van der Waals surface area contributed by atoms with Crippen molar-refractivity contribution >= 4 is 31.9 Å². The van der Waals surface area contributed by atoms with Crippen LogP contribution < -0.4 is 5.32 Å². The summed E-state index contributed by atoms with van der Waals surface area (Å²) in [6, 6.07) is 2.65. The van der Waals surface area contributed by atoms with E-state index in [9.17, 15) is 0 Å². The zero-order valence-corrected chi connectivity index (χ0v) is 14.9. The molecule has 2 fully saturated rings. The molecule has 1 heterocycles. The van der Waals surface area contributed by atoms with Gasteiger partial charge < -0.3 is 9.73 Å². The largest absolute Gasteiger partial charge is 0.452 e. The molecule has 2 nitrogen and oxygen atoms in total. The van der Waals surface area contributed by atoms with Crippen LogP contribution in [-0.2, 0) is 6.54 Å². The summed E-state index contributed by atoms with van der Waals surface area (Å²) in [5, 5.41) is 3.73. The third-order valence-electron chi connectivity index (χ3n) is 6.01. The Morgan fingerprint density at radius 1 is 1.37 bits per heavy atom. The molecule has 4 heteroatoms. The normalized spacial score (nSPS) is 36.1. The monoisotopic (exact) mass is 389 g/mol. The lowest BCUT2D eigenvalue weighted by Crippen LogP contribution is -2.44.